The number of rotatable bonds is 9. The molecule has 0 bridgehead atoms. The zero-order valence-electron chi connectivity index (χ0n) is 18.0. The average molecular weight is 490 g/mol. The van der Waals surface area contributed by atoms with Gasteiger partial charge in [-0.15, -0.1) is 10.2 Å². The molecule has 32 heavy (non-hydrogen) atoms. The van der Waals surface area contributed by atoms with E-state index in [0.29, 0.717) is 38.8 Å². The molecule has 2 aromatic carbocycles. The number of anilines is 3. The van der Waals surface area contributed by atoms with Crippen molar-refractivity contribution in [3.05, 3.63) is 58.6 Å². The number of hydrogen-bond donors (Lipinski definition) is 2. The summed E-state index contributed by atoms with van der Waals surface area (Å²) in [5, 5.41) is 15.5. The normalized spacial score (nSPS) is 10.6. The number of nitrogens with zero attached hydrogens (tertiary/aromatic N) is 3. The molecular formula is C22H24ClN5O2S2. The molecule has 0 aliphatic rings. The van der Waals surface area contributed by atoms with Gasteiger partial charge in [-0.3, -0.25) is 9.59 Å². The minimum Gasteiger partial charge on any atom is -0.339 e. The summed E-state index contributed by atoms with van der Waals surface area (Å²) in [5.74, 6) is -0.0548. The molecule has 1 heterocycles. The lowest BCUT2D eigenvalue weighted by Gasteiger charge is -2.19. The van der Waals surface area contributed by atoms with E-state index < -0.39 is 0 Å². The van der Waals surface area contributed by atoms with Gasteiger partial charge in [0.1, 0.15) is 0 Å². The molecule has 0 spiro atoms. The lowest BCUT2D eigenvalue weighted by atomic mass is 10.1. The van der Waals surface area contributed by atoms with Gasteiger partial charge < -0.3 is 15.5 Å². The van der Waals surface area contributed by atoms with Crippen LogP contribution in [0, 0.1) is 6.92 Å². The molecule has 2 N–H and O–H groups in total. The summed E-state index contributed by atoms with van der Waals surface area (Å²) < 4.78 is 0.673. The van der Waals surface area contributed by atoms with E-state index in [1.165, 1.54) is 23.1 Å². The monoisotopic (exact) mass is 489 g/mol. The van der Waals surface area contributed by atoms with Crippen molar-refractivity contribution in [2.24, 2.45) is 0 Å². The second kappa shape index (κ2) is 11.3. The Hall–Kier alpha value is -2.62. The lowest BCUT2D eigenvalue weighted by molar-refractivity contribution is -0.113. The van der Waals surface area contributed by atoms with Crippen molar-refractivity contribution in [3.8, 4) is 0 Å². The number of aryl methyl sites for hydroxylation is 1. The zero-order chi connectivity index (χ0) is 23.1. The molecule has 0 fully saturated rings. The fourth-order valence-corrected chi connectivity index (χ4v) is 4.61. The van der Waals surface area contributed by atoms with Gasteiger partial charge in [0.15, 0.2) is 4.34 Å². The van der Waals surface area contributed by atoms with Crippen molar-refractivity contribution >= 4 is 63.0 Å². The third-order valence-corrected chi connectivity index (χ3v) is 6.98. The van der Waals surface area contributed by atoms with E-state index in [1.54, 1.807) is 29.2 Å². The van der Waals surface area contributed by atoms with E-state index in [0.717, 1.165) is 11.3 Å². The highest BCUT2D eigenvalue weighted by atomic mass is 35.5. The summed E-state index contributed by atoms with van der Waals surface area (Å²) in [5.41, 5.74) is 2.96. The maximum absolute atomic E-state index is 12.5. The fraction of sp³-hybridized carbons (Fsp3) is 0.273. The van der Waals surface area contributed by atoms with Crippen molar-refractivity contribution in [2.75, 3.05) is 29.5 Å². The zero-order valence-corrected chi connectivity index (χ0v) is 20.4. The minimum atomic E-state index is -0.183. The number of nitrogens with one attached hydrogen (secondary N) is 2. The number of halogens is 1. The Morgan fingerprint density at radius 2 is 1.88 bits per heavy atom. The summed E-state index contributed by atoms with van der Waals surface area (Å²) in [7, 11) is 0. The van der Waals surface area contributed by atoms with Crippen LogP contribution >= 0.6 is 34.7 Å². The van der Waals surface area contributed by atoms with E-state index in [-0.39, 0.29) is 17.6 Å². The molecule has 2 amide bonds. The fourth-order valence-electron chi connectivity index (χ4n) is 2.86. The molecule has 1 aromatic heterocycles. The van der Waals surface area contributed by atoms with Crippen molar-refractivity contribution < 1.29 is 9.59 Å². The molecule has 0 unspecified atom stereocenters. The highest BCUT2D eigenvalue weighted by molar-refractivity contribution is 8.01. The number of amides is 2. The maximum atomic E-state index is 12.5. The number of thioether (sulfide) groups is 1. The van der Waals surface area contributed by atoms with Crippen LogP contribution < -0.4 is 10.6 Å². The first-order chi connectivity index (χ1) is 15.4. The molecule has 0 saturated heterocycles. The summed E-state index contributed by atoms with van der Waals surface area (Å²) in [4.78, 5) is 26.6. The molecule has 0 atom stereocenters. The molecule has 0 aliphatic heterocycles. The Balaban J connectivity index is 1.54. The van der Waals surface area contributed by atoms with E-state index in [9.17, 15) is 9.59 Å². The van der Waals surface area contributed by atoms with Crippen molar-refractivity contribution in [3.63, 3.8) is 0 Å². The number of hydrogen-bond acceptors (Lipinski definition) is 7. The average Bonchev–Trinajstić information content (AvgIpc) is 3.23. The summed E-state index contributed by atoms with van der Waals surface area (Å²) in [6.07, 6.45) is 0. The standard InChI is InChI=1S/C22H24ClN5O2S2/c1-4-28(5-2)20(30)15-7-6-8-16(11-15)24-19(29)13-31-22-27-26-21(32-22)25-17-10-9-14(3)18(23)12-17/h6-12H,4-5,13H2,1-3H3,(H,24,29)(H,25,26). The Labute approximate surface area is 200 Å². The smallest absolute Gasteiger partial charge is 0.253 e. The van der Waals surface area contributed by atoms with E-state index >= 15 is 0 Å². The van der Waals surface area contributed by atoms with Gasteiger partial charge in [0.25, 0.3) is 5.91 Å². The minimum absolute atomic E-state index is 0.0516. The maximum Gasteiger partial charge on any atom is 0.253 e. The largest absolute Gasteiger partial charge is 0.339 e. The predicted molar refractivity (Wildman–Crippen MR) is 132 cm³/mol. The first kappa shape index (κ1) is 24.0. The molecule has 7 nitrogen and oxygen atoms in total. The van der Waals surface area contributed by atoms with Crippen LogP contribution in [0.1, 0.15) is 29.8 Å². The summed E-state index contributed by atoms with van der Waals surface area (Å²) in [6, 6.07) is 12.7. The van der Waals surface area contributed by atoms with Gasteiger partial charge in [0.05, 0.1) is 5.75 Å². The molecule has 0 aliphatic carbocycles. The predicted octanol–water partition coefficient (Wildman–Crippen LogP) is 5.46. The van der Waals surface area contributed by atoms with Crippen LogP contribution in [0.25, 0.3) is 0 Å². The van der Waals surface area contributed by atoms with Gasteiger partial charge in [-0.25, -0.2) is 0 Å². The SMILES string of the molecule is CCN(CC)C(=O)c1cccc(NC(=O)CSc2nnc(Nc3ccc(C)c(Cl)c3)s2)c1. The Bertz CT molecular complexity index is 1100. The van der Waals surface area contributed by atoms with Crippen molar-refractivity contribution in [2.45, 2.75) is 25.1 Å². The highest BCUT2D eigenvalue weighted by Gasteiger charge is 2.14. The van der Waals surface area contributed by atoms with Gasteiger partial charge >= 0.3 is 0 Å². The van der Waals surface area contributed by atoms with Crippen LogP contribution in [-0.4, -0.2) is 45.8 Å². The summed E-state index contributed by atoms with van der Waals surface area (Å²) in [6.45, 7) is 7.09. The second-order valence-electron chi connectivity index (χ2n) is 6.86. The van der Waals surface area contributed by atoms with Crippen LogP contribution in [0.2, 0.25) is 5.02 Å². The van der Waals surface area contributed by atoms with Crippen LogP contribution in [-0.2, 0) is 4.79 Å². The molecule has 168 valence electrons. The number of carbonyl (C=O) groups is 2. The van der Waals surface area contributed by atoms with Crippen molar-refractivity contribution in [1.82, 2.24) is 15.1 Å². The number of benzene rings is 2. The molecule has 3 rings (SSSR count). The van der Waals surface area contributed by atoms with Crippen LogP contribution in [0.5, 0.6) is 0 Å². The lowest BCUT2D eigenvalue weighted by Crippen LogP contribution is -2.30. The highest BCUT2D eigenvalue weighted by Crippen LogP contribution is 2.29. The topological polar surface area (TPSA) is 87.2 Å². The number of carbonyl (C=O) groups excluding carboxylic acids is 2. The van der Waals surface area contributed by atoms with E-state index in [4.69, 9.17) is 11.6 Å². The Morgan fingerprint density at radius 1 is 1.09 bits per heavy atom. The van der Waals surface area contributed by atoms with Crippen LogP contribution in [0.3, 0.4) is 0 Å². The Morgan fingerprint density at radius 3 is 2.59 bits per heavy atom. The summed E-state index contributed by atoms with van der Waals surface area (Å²) >= 11 is 8.81. The molecule has 0 saturated carbocycles. The second-order valence-corrected chi connectivity index (χ2v) is 9.46. The molecule has 10 heteroatoms. The van der Waals surface area contributed by atoms with E-state index in [2.05, 4.69) is 20.8 Å². The van der Waals surface area contributed by atoms with E-state index in [1.807, 2.05) is 39.0 Å². The van der Waals surface area contributed by atoms with Crippen molar-refractivity contribution in [1.29, 1.82) is 0 Å². The van der Waals surface area contributed by atoms with Gasteiger partial charge in [-0.1, -0.05) is 46.8 Å². The quantitative estimate of drug-likeness (QED) is 0.388. The number of aromatic nitrogens is 2. The van der Waals surface area contributed by atoms with Gasteiger partial charge in [-0.2, -0.15) is 0 Å². The van der Waals surface area contributed by atoms with Gasteiger partial charge in [0.2, 0.25) is 11.0 Å². The first-order valence-electron chi connectivity index (χ1n) is 10.1. The molecular weight excluding hydrogens is 466 g/mol. The molecule has 0 radical (unpaired) electrons. The van der Waals surface area contributed by atoms with Gasteiger partial charge in [0, 0.05) is 35.1 Å². The third-order valence-electron chi connectivity index (χ3n) is 4.60. The van der Waals surface area contributed by atoms with Gasteiger partial charge in [-0.05, 0) is 56.7 Å². The van der Waals surface area contributed by atoms with Crippen LogP contribution in [0.15, 0.2) is 46.8 Å². The molecule has 3 aromatic rings. The first-order valence-corrected chi connectivity index (χ1v) is 12.3. The third kappa shape index (κ3) is 6.44. The van der Waals surface area contributed by atoms with Crippen LogP contribution in [0.4, 0.5) is 16.5 Å². The Kier molecular flexibility index (Phi) is 8.49.